The third-order valence-corrected chi connectivity index (χ3v) is 3.01. The molecule has 0 aliphatic rings. The molecule has 2 aromatic rings. The van der Waals surface area contributed by atoms with E-state index in [-0.39, 0.29) is 18.3 Å². The van der Waals surface area contributed by atoms with Crippen LogP contribution in [0, 0.1) is 0 Å². The SMILES string of the molecule is CCOC(=O)CCc1cc(O)nc(-c2ccc(Cl)cc2)n1. The van der Waals surface area contributed by atoms with Crippen LogP contribution in [0.25, 0.3) is 11.4 Å². The number of hydrogen-bond donors (Lipinski definition) is 1. The van der Waals surface area contributed by atoms with Crippen LogP contribution in [0.2, 0.25) is 5.02 Å². The van der Waals surface area contributed by atoms with Crippen LogP contribution < -0.4 is 0 Å². The molecule has 0 amide bonds. The summed E-state index contributed by atoms with van der Waals surface area (Å²) in [6.07, 6.45) is 0.597. The number of aromatic nitrogens is 2. The number of aromatic hydroxyl groups is 1. The van der Waals surface area contributed by atoms with E-state index >= 15 is 0 Å². The van der Waals surface area contributed by atoms with Gasteiger partial charge in [0.15, 0.2) is 5.82 Å². The molecule has 5 nitrogen and oxygen atoms in total. The Bertz CT molecular complexity index is 629. The number of nitrogens with zero attached hydrogens (tertiary/aromatic N) is 2. The summed E-state index contributed by atoms with van der Waals surface area (Å²) in [6, 6.07) is 8.43. The van der Waals surface area contributed by atoms with E-state index in [0.29, 0.717) is 29.6 Å². The fraction of sp³-hybridized carbons (Fsp3) is 0.267. The van der Waals surface area contributed by atoms with Crippen molar-refractivity contribution in [3.8, 4) is 17.3 Å². The van der Waals surface area contributed by atoms with Crippen LogP contribution in [0.3, 0.4) is 0 Å². The van der Waals surface area contributed by atoms with E-state index in [0.717, 1.165) is 5.56 Å². The number of aryl methyl sites for hydroxylation is 1. The lowest BCUT2D eigenvalue weighted by Crippen LogP contribution is -2.06. The van der Waals surface area contributed by atoms with Crippen molar-refractivity contribution in [1.29, 1.82) is 0 Å². The van der Waals surface area contributed by atoms with Gasteiger partial charge >= 0.3 is 5.97 Å². The Balaban J connectivity index is 2.17. The molecular formula is C15H15ClN2O3. The molecule has 0 saturated carbocycles. The molecule has 0 spiro atoms. The minimum atomic E-state index is -0.288. The molecule has 0 atom stereocenters. The second-order valence-electron chi connectivity index (χ2n) is 4.35. The Morgan fingerprint density at radius 2 is 2.00 bits per heavy atom. The first-order valence-electron chi connectivity index (χ1n) is 6.57. The van der Waals surface area contributed by atoms with Crippen molar-refractivity contribution < 1.29 is 14.6 Å². The van der Waals surface area contributed by atoms with Gasteiger partial charge in [-0.3, -0.25) is 4.79 Å². The number of hydrogen-bond acceptors (Lipinski definition) is 5. The van der Waals surface area contributed by atoms with Crippen molar-refractivity contribution in [2.24, 2.45) is 0 Å². The van der Waals surface area contributed by atoms with Crippen LogP contribution in [0.1, 0.15) is 19.0 Å². The van der Waals surface area contributed by atoms with Crippen molar-refractivity contribution in [2.45, 2.75) is 19.8 Å². The second-order valence-corrected chi connectivity index (χ2v) is 4.79. The van der Waals surface area contributed by atoms with Gasteiger partial charge in [0.05, 0.1) is 13.0 Å². The van der Waals surface area contributed by atoms with E-state index in [1.807, 2.05) is 0 Å². The lowest BCUT2D eigenvalue weighted by Gasteiger charge is -2.06. The lowest BCUT2D eigenvalue weighted by molar-refractivity contribution is -0.143. The molecule has 1 aromatic heterocycles. The molecule has 6 heteroatoms. The summed E-state index contributed by atoms with van der Waals surface area (Å²) in [5.74, 6) is -0.0250. The summed E-state index contributed by atoms with van der Waals surface area (Å²) >= 11 is 5.83. The smallest absolute Gasteiger partial charge is 0.306 e. The van der Waals surface area contributed by atoms with E-state index < -0.39 is 0 Å². The fourth-order valence-corrected chi connectivity index (χ4v) is 1.93. The van der Waals surface area contributed by atoms with Crippen molar-refractivity contribution in [3.05, 3.63) is 41.0 Å². The van der Waals surface area contributed by atoms with Crippen LogP contribution in [0.15, 0.2) is 30.3 Å². The standard InChI is InChI=1S/C15H15ClN2O3/c1-2-21-14(20)8-7-12-9-13(19)18-15(17-12)10-3-5-11(16)6-4-10/h3-6,9H,2,7-8H2,1H3,(H,17,18,19). The highest BCUT2D eigenvalue weighted by Gasteiger charge is 2.09. The number of benzene rings is 1. The maximum atomic E-state index is 11.4. The molecule has 0 aliphatic carbocycles. The fourth-order valence-electron chi connectivity index (χ4n) is 1.80. The van der Waals surface area contributed by atoms with E-state index in [9.17, 15) is 9.90 Å². The summed E-state index contributed by atoms with van der Waals surface area (Å²) < 4.78 is 4.86. The van der Waals surface area contributed by atoms with Gasteiger partial charge in [-0.1, -0.05) is 11.6 Å². The van der Waals surface area contributed by atoms with Gasteiger partial charge in [0.25, 0.3) is 0 Å². The Kier molecular flexibility index (Phi) is 5.11. The average Bonchev–Trinajstić information content (AvgIpc) is 2.46. The normalized spacial score (nSPS) is 10.4. The monoisotopic (exact) mass is 306 g/mol. The maximum Gasteiger partial charge on any atom is 0.306 e. The molecule has 0 unspecified atom stereocenters. The number of ether oxygens (including phenoxy) is 1. The Labute approximate surface area is 127 Å². The minimum absolute atomic E-state index is 0.131. The van der Waals surface area contributed by atoms with E-state index in [1.54, 1.807) is 31.2 Å². The van der Waals surface area contributed by atoms with Crippen LogP contribution in [0.5, 0.6) is 5.88 Å². The Morgan fingerprint density at radius 1 is 1.29 bits per heavy atom. The summed E-state index contributed by atoms with van der Waals surface area (Å²) in [6.45, 7) is 2.11. The third kappa shape index (κ3) is 4.43. The molecule has 0 bridgehead atoms. The first kappa shape index (κ1) is 15.3. The number of carbonyl (C=O) groups is 1. The van der Waals surface area contributed by atoms with Crippen LogP contribution in [-0.2, 0) is 16.0 Å². The first-order valence-corrected chi connectivity index (χ1v) is 6.94. The summed E-state index contributed by atoms with van der Waals surface area (Å²) in [7, 11) is 0. The summed E-state index contributed by atoms with van der Waals surface area (Å²) in [4.78, 5) is 19.7. The minimum Gasteiger partial charge on any atom is -0.493 e. The van der Waals surface area contributed by atoms with Crippen molar-refractivity contribution in [2.75, 3.05) is 6.61 Å². The van der Waals surface area contributed by atoms with Gasteiger partial charge in [-0.05, 0) is 31.2 Å². The summed E-state index contributed by atoms with van der Waals surface area (Å²) in [5.41, 5.74) is 1.33. The molecule has 1 heterocycles. The molecule has 110 valence electrons. The number of carbonyl (C=O) groups excluding carboxylic acids is 1. The van der Waals surface area contributed by atoms with Crippen molar-refractivity contribution in [3.63, 3.8) is 0 Å². The largest absolute Gasteiger partial charge is 0.493 e. The molecule has 21 heavy (non-hydrogen) atoms. The van der Waals surface area contributed by atoms with Gasteiger partial charge in [0.1, 0.15) is 0 Å². The Hall–Kier alpha value is -2.14. The average molecular weight is 307 g/mol. The topological polar surface area (TPSA) is 72.3 Å². The number of rotatable bonds is 5. The highest BCUT2D eigenvalue weighted by Crippen LogP contribution is 2.21. The lowest BCUT2D eigenvalue weighted by atomic mass is 10.2. The van der Waals surface area contributed by atoms with E-state index in [4.69, 9.17) is 16.3 Å². The zero-order chi connectivity index (χ0) is 15.2. The molecule has 0 saturated heterocycles. The van der Waals surface area contributed by atoms with Crippen LogP contribution in [-0.4, -0.2) is 27.7 Å². The molecular weight excluding hydrogens is 292 g/mol. The van der Waals surface area contributed by atoms with Gasteiger partial charge in [0, 0.05) is 28.8 Å². The Morgan fingerprint density at radius 3 is 2.67 bits per heavy atom. The number of esters is 1. The summed E-state index contributed by atoms with van der Waals surface area (Å²) in [5, 5.41) is 10.3. The molecule has 1 aromatic carbocycles. The van der Waals surface area contributed by atoms with Gasteiger partial charge in [-0.2, -0.15) is 4.98 Å². The predicted molar refractivity (Wildman–Crippen MR) is 79.1 cm³/mol. The van der Waals surface area contributed by atoms with Crippen molar-refractivity contribution in [1.82, 2.24) is 9.97 Å². The molecule has 0 fully saturated rings. The van der Waals surface area contributed by atoms with Crippen LogP contribution >= 0.6 is 11.6 Å². The molecule has 1 N–H and O–H groups in total. The first-order chi connectivity index (χ1) is 10.1. The predicted octanol–water partition coefficient (Wildman–Crippen LogP) is 3.00. The third-order valence-electron chi connectivity index (χ3n) is 2.76. The second kappa shape index (κ2) is 7.04. The molecule has 2 rings (SSSR count). The van der Waals surface area contributed by atoms with Gasteiger partial charge in [-0.15, -0.1) is 0 Å². The van der Waals surface area contributed by atoms with Crippen molar-refractivity contribution >= 4 is 17.6 Å². The van der Waals surface area contributed by atoms with E-state index in [1.165, 1.54) is 6.07 Å². The van der Waals surface area contributed by atoms with Gasteiger partial charge < -0.3 is 9.84 Å². The van der Waals surface area contributed by atoms with Gasteiger partial charge in [0.2, 0.25) is 5.88 Å². The maximum absolute atomic E-state index is 11.4. The van der Waals surface area contributed by atoms with Gasteiger partial charge in [-0.25, -0.2) is 4.98 Å². The molecule has 0 radical (unpaired) electrons. The van der Waals surface area contributed by atoms with Crippen LogP contribution in [0.4, 0.5) is 0 Å². The zero-order valence-corrected chi connectivity index (χ0v) is 12.3. The number of halogens is 1. The van der Waals surface area contributed by atoms with E-state index in [2.05, 4.69) is 9.97 Å². The highest BCUT2D eigenvalue weighted by atomic mass is 35.5. The zero-order valence-electron chi connectivity index (χ0n) is 11.5. The quantitative estimate of drug-likeness (QED) is 0.860. The highest BCUT2D eigenvalue weighted by molar-refractivity contribution is 6.30. The molecule has 0 aliphatic heterocycles.